The molecule has 2 aromatic heterocycles. The second-order valence-corrected chi connectivity index (χ2v) is 3.53. The topological polar surface area (TPSA) is 46.3 Å². The second kappa shape index (κ2) is 2.12. The molecule has 3 rings (SSSR count). The van der Waals surface area contributed by atoms with Gasteiger partial charge in [-0.05, 0) is 25.0 Å². The fraction of sp³-hybridized carbons (Fsp3) is 0.300. The van der Waals surface area contributed by atoms with Crippen LogP contribution in [0.3, 0.4) is 0 Å². The molecule has 0 aliphatic heterocycles. The summed E-state index contributed by atoms with van der Waals surface area (Å²) in [6.07, 6.45) is 3.32. The van der Waals surface area contributed by atoms with Crippen LogP contribution >= 0.6 is 0 Å². The van der Waals surface area contributed by atoms with Crippen molar-refractivity contribution in [1.82, 2.24) is 4.98 Å². The lowest BCUT2D eigenvalue weighted by atomic mass is 10.2. The maximum atomic E-state index is 9.78. The maximum absolute atomic E-state index is 9.78. The highest BCUT2D eigenvalue weighted by Crippen LogP contribution is 2.46. The monoisotopic (exact) mass is 175 g/mol. The van der Waals surface area contributed by atoms with Crippen molar-refractivity contribution in [1.29, 1.82) is 0 Å². The first-order valence-corrected chi connectivity index (χ1v) is 4.35. The Labute approximate surface area is 75.0 Å². The Kier molecular flexibility index (Phi) is 1.15. The SMILES string of the molecule is OC1(c2cc3ncccc3o2)CC1. The van der Waals surface area contributed by atoms with Gasteiger partial charge in [0, 0.05) is 12.3 Å². The lowest BCUT2D eigenvalue weighted by Gasteiger charge is -1.99. The van der Waals surface area contributed by atoms with Gasteiger partial charge in [0.15, 0.2) is 5.58 Å². The van der Waals surface area contributed by atoms with Crippen LogP contribution in [0.2, 0.25) is 0 Å². The van der Waals surface area contributed by atoms with Crippen molar-refractivity contribution in [3.63, 3.8) is 0 Å². The second-order valence-electron chi connectivity index (χ2n) is 3.53. The summed E-state index contributed by atoms with van der Waals surface area (Å²) in [6.45, 7) is 0. The fourth-order valence-electron chi connectivity index (χ4n) is 1.46. The third-order valence-electron chi connectivity index (χ3n) is 2.47. The zero-order chi connectivity index (χ0) is 8.89. The van der Waals surface area contributed by atoms with E-state index in [4.69, 9.17) is 4.42 Å². The summed E-state index contributed by atoms with van der Waals surface area (Å²) >= 11 is 0. The number of hydrogen-bond donors (Lipinski definition) is 1. The summed E-state index contributed by atoms with van der Waals surface area (Å²) in [6, 6.07) is 5.51. The van der Waals surface area contributed by atoms with E-state index < -0.39 is 5.60 Å². The van der Waals surface area contributed by atoms with E-state index >= 15 is 0 Å². The quantitative estimate of drug-likeness (QED) is 0.718. The van der Waals surface area contributed by atoms with Crippen molar-refractivity contribution in [3.05, 3.63) is 30.2 Å². The summed E-state index contributed by atoms with van der Waals surface area (Å²) < 4.78 is 5.48. The van der Waals surface area contributed by atoms with Crippen molar-refractivity contribution < 1.29 is 9.52 Å². The summed E-state index contributed by atoms with van der Waals surface area (Å²) in [4.78, 5) is 4.14. The minimum Gasteiger partial charge on any atom is -0.456 e. The molecule has 0 radical (unpaired) electrons. The Morgan fingerprint density at radius 2 is 2.31 bits per heavy atom. The predicted molar refractivity (Wildman–Crippen MR) is 47.1 cm³/mol. The molecule has 0 aromatic carbocycles. The van der Waals surface area contributed by atoms with Crippen molar-refractivity contribution in [3.8, 4) is 0 Å². The number of hydrogen-bond acceptors (Lipinski definition) is 3. The van der Waals surface area contributed by atoms with Crippen LogP contribution in [0.15, 0.2) is 28.8 Å². The smallest absolute Gasteiger partial charge is 0.152 e. The number of aliphatic hydroxyl groups is 1. The van der Waals surface area contributed by atoms with E-state index in [1.165, 1.54) is 0 Å². The van der Waals surface area contributed by atoms with Crippen LogP contribution in [0.1, 0.15) is 18.6 Å². The van der Waals surface area contributed by atoms with E-state index in [1.807, 2.05) is 18.2 Å². The van der Waals surface area contributed by atoms with Gasteiger partial charge in [0.1, 0.15) is 16.9 Å². The van der Waals surface area contributed by atoms with E-state index in [9.17, 15) is 5.11 Å². The minimum atomic E-state index is -0.694. The molecule has 0 spiro atoms. The van der Waals surface area contributed by atoms with Gasteiger partial charge in [0.05, 0.1) is 0 Å². The lowest BCUT2D eigenvalue weighted by molar-refractivity contribution is 0.125. The van der Waals surface area contributed by atoms with Gasteiger partial charge >= 0.3 is 0 Å². The number of pyridine rings is 1. The van der Waals surface area contributed by atoms with Crippen molar-refractivity contribution >= 4 is 11.1 Å². The molecule has 1 saturated carbocycles. The van der Waals surface area contributed by atoms with Crippen molar-refractivity contribution in [2.75, 3.05) is 0 Å². The molecule has 1 N–H and O–H groups in total. The number of rotatable bonds is 1. The Bertz CT molecular complexity index is 424. The summed E-state index contributed by atoms with van der Waals surface area (Å²) in [5.41, 5.74) is 0.872. The molecule has 0 unspecified atom stereocenters. The standard InChI is InChI=1S/C10H9NO2/c12-10(3-4-10)9-6-7-8(13-9)2-1-5-11-7/h1-2,5-6,12H,3-4H2. The van der Waals surface area contributed by atoms with Gasteiger partial charge < -0.3 is 9.52 Å². The van der Waals surface area contributed by atoms with Gasteiger partial charge in [0.2, 0.25) is 0 Å². The molecule has 2 aromatic rings. The molecule has 0 amide bonds. The lowest BCUT2D eigenvalue weighted by Crippen LogP contribution is -2.00. The Morgan fingerprint density at radius 3 is 3.00 bits per heavy atom. The summed E-state index contributed by atoms with van der Waals surface area (Å²) in [5, 5.41) is 9.78. The molecule has 0 atom stereocenters. The van der Waals surface area contributed by atoms with Gasteiger partial charge in [-0.25, -0.2) is 0 Å². The maximum Gasteiger partial charge on any atom is 0.152 e. The van der Waals surface area contributed by atoms with Crippen LogP contribution in [0.5, 0.6) is 0 Å². The third-order valence-corrected chi connectivity index (χ3v) is 2.47. The normalized spacial score (nSPS) is 19.2. The van der Waals surface area contributed by atoms with Gasteiger partial charge in [-0.3, -0.25) is 4.98 Å². The van der Waals surface area contributed by atoms with E-state index in [-0.39, 0.29) is 0 Å². The van der Waals surface area contributed by atoms with Crippen LogP contribution in [0.4, 0.5) is 0 Å². The number of fused-ring (bicyclic) bond motifs is 1. The number of nitrogens with zero attached hydrogens (tertiary/aromatic N) is 1. The first-order chi connectivity index (χ1) is 6.28. The molecule has 0 bridgehead atoms. The molecule has 3 nitrogen and oxygen atoms in total. The van der Waals surface area contributed by atoms with Crippen LogP contribution in [-0.2, 0) is 5.60 Å². The summed E-state index contributed by atoms with van der Waals surface area (Å²) in [5.74, 6) is 0.654. The van der Waals surface area contributed by atoms with E-state index in [1.54, 1.807) is 6.20 Å². The van der Waals surface area contributed by atoms with E-state index in [0.717, 1.165) is 23.9 Å². The molecule has 66 valence electrons. The van der Waals surface area contributed by atoms with Crippen molar-refractivity contribution in [2.45, 2.75) is 18.4 Å². The number of aromatic nitrogens is 1. The molecule has 0 saturated heterocycles. The third kappa shape index (κ3) is 0.971. The number of furan rings is 1. The highest BCUT2D eigenvalue weighted by atomic mass is 16.4. The first-order valence-electron chi connectivity index (χ1n) is 4.35. The van der Waals surface area contributed by atoms with Gasteiger partial charge in [0.25, 0.3) is 0 Å². The molecule has 3 heteroatoms. The minimum absolute atomic E-state index is 0.654. The predicted octanol–water partition coefficient (Wildman–Crippen LogP) is 1.81. The Hall–Kier alpha value is -1.35. The van der Waals surface area contributed by atoms with Crippen LogP contribution in [0.25, 0.3) is 11.1 Å². The molecular formula is C10H9NO2. The fourth-order valence-corrected chi connectivity index (χ4v) is 1.46. The molecule has 1 aliphatic rings. The van der Waals surface area contributed by atoms with E-state index in [2.05, 4.69) is 4.98 Å². The van der Waals surface area contributed by atoms with Gasteiger partial charge in [-0.2, -0.15) is 0 Å². The molecule has 13 heavy (non-hydrogen) atoms. The Morgan fingerprint density at radius 1 is 1.46 bits per heavy atom. The van der Waals surface area contributed by atoms with Crippen LogP contribution in [0, 0.1) is 0 Å². The zero-order valence-corrected chi connectivity index (χ0v) is 7.03. The molecule has 1 aliphatic carbocycles. The highest BCUT2D eigenvalue weighted by Gasteiger charge is 2.45. The largest absolute Gasteiger partial charge is 0.456 e. The average molecular weight is 175 g/mol. The van der Waals surface area contributed by atoms with E-state index in [0.29, 0.717) is 5.76 Å². The average Bonchev–Trinajstić information content (AvgIpc) is 2.76. The van der Waals surface area contributed by atoms with Gasteiger partial charge in [-0.15, -0.1) is 0 Å². The van der Waals surface area contributed by atoms with Crippen LogP contribution in [-0.4, -0.2) is 10.1 Å². The van der Waals surface area contributed by atoms with Gasteiger partial charge in [-0.1, -0.05) is 0 Å². The Balaban J connectivity index is 2.22. The molecular weight excluding hydrogens is 166 g/mol. The zero-order valence-electron chi connectivity index (χ0n) is 7.03. The molecule has 2 heterocycles. The first kappa shape index (κ1) is 7.09. The highest BCUT2D eigenvalue weighted by molar-refractivity contribution is 5.73. The summed E-state index contributed by atoms with van der Waals surface area (Å²) in [7, 11) is 0. The van der Waals surface area contributed by atoms with Crippen molar-refractivity contribution in [2.24, 2.45) is 0 Å². The molecule has 1 fully saturated rings. The van der Waals surface area contributed by atoms with Crippen LogP contribution < -0.4 is 0 Å².